The van der Waals surface area contributed by atoms with Crippen LogP contribution < -0.4 is 10.1 Å². The summed E-state index contributed by atoms with van der Waals surface area (Å²) in [4.78, 5) is 16.7. The van der Waals surface area contributed by atoms with Crippen molar-refractivity contribution in [3.8, 4) is 17.0 Å². The smallest absolute Gasteiger partial charge is 0.250 e. The van der Waals surface area contributed by atoms with Crippen LogP contribution >= 0.6 is 11.3 Å². The van der Waals surface area contributed by atoms with Gasteiger partial charge in [0.15, 0.2) is 5.13 Å². The molecule has 0 saturated carbocycles. The highest BCUT2D eigenvalue weighted by atomic mass is 32.1. The van der Waals surface area contributed by atoms with Crippen LogP contribution in [-0.4, -0.2) is 10.9 Å². The molecule has 0 bridgehead atoms. The van der Waals surface area contributed by atoms with Crippen molar-refractivity contribution < 1.29 is 9.53 Å². The Hall–Kier alpha value is -3.70. The zero-order valence-electron chi connectivity index (χ0n) is 17.1. The molecular formula is C26H22N2O2S. The lowest BCUT2D eigenvalue weighted by molar-refractivity contribution is -0.111. The third-order valence-corrected chi connectivity index (χ3v) is 5.39. The number of rotatable bonds is 7. The van der Waals surface area contributed by atoms with E-state index in [0.29, 0.717) is 11.7 Å². The highest BCUT2D eigenvalue weighted by Gasteiger charge is 2.06. The Morgan fingerprint density at radius 1 is 1.00 bits per heavy atom. The normalized spacial score (nSPS) is 10.9. The largest absolute Gasteiger partial charge is 0.489 e. The zero-order chi connectivity index (χ0) is 21.5. The fourth-order valence-corrected chi connectivity index (χ4v) is 3.65. The first kappa shape index (κ1) is 20.6. The molecule has 1 N–H and O–H groups in total. The second kappa shape index (κ2) is 9.87. The number of nitrogens with one attached hydrogen (secondary N) is 1. The molecule has 4 rings (SSSR count). The lowest BCUT2D eigenvalue weighted by Crippen LogP contribution is -2.07. The monoisotopic (exact) mass is 426 g/mol. The maximum absolute atomic E-state index is 12.2. The van der Waals surface area contributed by atoms with Gasteiger partial charge in [-0.25, -0.2) is 4.98 Å². The molecule has 1 aromatic heterocycles. The van der Waals surface area contributed by atoms with Crippen LogP contribution in [0.1, 0.15) is 16.7 Å². The van der Waals surface area contributed by atoms with Gasteiger partial charge in [-0.3, -0.25) is 10.1 Å². The van der Waals surface area contributed by atoms with Crippen molar-refractivity contribution in [2.24, 2.45) is 0 Å². The third-order valence-electron chi connectivity index (χ3n) is 4.64. The topological polar surface area (TPSA) is 51.2 Å². The summed E-state index contributed by atoms with van der Waals surface area (Å²) in [5.41, 5.74) is 5.13. The van der Waals surface area contributed by atoms with E-state index in [4.69, 9.17) is 4.74 Å². The highest BCUT2D eigenvalue weighted by Crippen LogP contribution is 2.25. The van der Waals surface area contributed by atoms with E-state index in [2.05, 4.69) is 10.3 Å². The molecule has 1 heterocycles. The van der Waals surface area contributed by atoms with Gasteiger partial charge in [-0.05, 0) is 36.3 Å². The van der Waals surface area contributed by atoms with E-state index in [1.807, 2.05) is 91.2 Å². The zero-order valence-corrected chi connectivity index (χ0v) is 17.9. The molecule has 0 radical (unpaired) electrons. The number of hydrogen-bond donors (Lipinski definition) is 1. The number of aryl methyl sites for hydroxylation is 1. The van der Waals surface area contributed by atoms with Gasteiger partial charge in [0.1, 0.15) is 12.4 Å². The second-order valence-electron chi connectivity index (χ2n) is 7.07. The molecule has 3 aromatic carbocycles. The summed E-state index contributed by atoms with van der Waals surface area (Å²) in [6.45, 7) is 2.57. The van der Waals surface area contributed by atoms with Gasteiger partial charge in [-0.15, -0.1) is 11.3 Å². The first-order valence-corrected chi connectivity index (χ1v) is 10.8. The van der Waals surface area contributed by atoms with Crippen LogP contribution in [0.5, 0.6) is 5.75 Å². The quantitative estimate of drug-likeness (QED) is 0.350. The van der Waals surface area contributed by atoms with E-state index < -0.39 is 0 Å². The Labute approximate surface area is 185 Å². The Balaban J connectivity index is 1.30. The van der Waals surface area contributed by atoms with Gasteiger partial charge in [0, 0.05) is 17.0 Å². The number of thiazole rings is 1. The van der Waals surface area contributed by atoms with E-state index >= 15 is 0 Å². The molecule has 4 nitrogen and oxygen atoms in total. The summed E-state index contributed by atoms with van der Waals surface area (Å²) in [5, 5.41) is 5.34. The van der Waals surface area contributed by atoms with Gasteiger partial charge >= 0.3 is 0 Å². The van der Waals surface area contributed by atoms with Crippen molar-refractivity contribution >= 4 is 28.5 Å². The van der Waals surface area contributed by atoms with E-state index in [-0.39, 0.29) is 5.91 Å². The van der Waals surface area contributed by atoms with E-state index in [1.54, 1.807) is 6.08 Å². The maximum Gasteiger partial charge on any atom is 0.250 e. The van der Waals surface area contributed by atoms with Crippen molar-refractivity contribution in [3.05, 3.63) is 107 Å². The molecule has 0 spiro atoms. The summed E-state index contributed by atoms with van der Waals surface area (Å²) >= 11 is 1.41. The minimum atomic E-state index is -0.214. The molecular weight excluding hydrogens is 404 g/mol. The summed E-state index contributed by atoms with van der Waals surface area (Å²) < 4.78 is 5.79. The minimum Gasteiger partial charge on any atom is -0.489 e. The molecule has 31 heavy (non-hydrogen) atoms. The lowest BCUT2D eigenvalue weighted by atomic mass is 10.1. The number of benzene rings is 3. The first-order chi connectivity index (χ1) is 15.2. The summed E-state index contributed by atoms with van der Waals surface area (Å²) in [6.07, 6.45) is 3.28. The SMILES string of the molecule is Cc1ccc(-c2csc(NC(=O)/C=C/c3ccc(OCc4ccccc4)cc3)n2)cc1. The van der Waals surface area contributed by atoms with Gasteiger partial charge in [0.25, 0.3) is 0 Å². The Morgan fingerprint density at radius 3 is 2.48 bits per heavy atom. The van der Waals surface area contributed by atoms with Crippen molar-refractivity contribution in [1.29, 1.82) is 0 Å². The molecule has 0 saturated heterocycles. The Kier molecular flexibility index (Phi) is 6.55. The van der Waals surface area contributed by atoms with Gasteiger partial charge in [-0.2, -0.15) is 0 Å². The van der Waals surface area contributed by atoms with Crippen LogP contribution in [0.15, 0.2) is 90.3 Å². The molecule has 0 unspecified atom stereocenters. The third kappa shape index (κ3) is 5.90. The van der Waals surface area contributed by atoms with Crippen LogP contribution in [0.2, 0.25) is 0 Å². The van der Waals surface area contributed by atoms with Crippen LogP contribution in [0.25, 0.3) is 17.3 Å². The molecule has 0 fully saturated rings. The maximum atomic E-state index is 12.2. The Bertz CT molecular complexity index is 1160. The molecule has 5 heteroatoms. The first-order valence-electron chi connectivity index (χ1n) is 9.94. The predicted molar refractivity (Wildman–Crippen MR) is 127 cm³/mol. The van der Waals surface area contributed by atoms with Crippen LogP contribution in [0, 0.1) is 6.92 Å². The predicted octanol–water partition coefficient (Wildman–Crippen LogP) is 6.35. The number of ether oxygens (including phenoxy) is 1. The molecule has 0 aliphatic rings. The number of carbonyl (C=O) groups excluding carboxylic acids is 1. The van der Waals surface area contributed by atoms with Gasteiger partial charge in [0.05, 0.1) is 5.69 Å². The van der Waals surface area contributed by atoms with Crippen molar-refractivity contribution in [1.82, 2.24) is 4.98 Å². The lowest BCUT2D eigenvalue weighted by Gasteiger charge is -2.06. The number of nitrogens with zero attached hydrogens (tertiary/aromatic N) is 1. The second-order valence-corrected chi connectivity index (χ2v) is 7.93. The number of carbonyl (C=O) groups is 1. The molecule has 1 amide bonds. The molecule has 154 valence electrons. The average molecular weight is 427 g/mol. The number of anilines is 1. The fourth-order valence-electron chi connectivity index (χ4n) is 2.92. The minimum absolute atomic E-state index is 0.214. The standard InChI is InChI=1S/C26H22N2O2S/c1-19-7-12-22(13-8-19)24-18-31-26(27-24)28-25(29)16-11-20-9-14-23(15-10-20)30-17-21-5-3-2-4-6-21/h2-16,18H,17H2,1H3,(H,27,28,29)/b16-11+. The molecule has 4 aromatic rings. The van der Waals surface area contributed by atoms with Crippen LogP contribution in [-0.2, 0) is 11.4 Å². The van der Waals surface area contributed by atoms with Crippen molar-refractivity contribution in [2.75, 3.05) is 5.32 Å². The number of amides is 1. The average Bonchev–Trinajstić information content (AvgIpc) is 3.26. The van der Waals surface area contributed by atoms with E-state index in [9.17, 15) is 4.79 Å². The van der Waals surface area contributed by atoms with Crippen LogP contribution in [0.4, 0.5) is 5.13 Å². The molecule has 0 aliphatic carbocycles. The summed E-state index contributed by atoms with van der Waals surface area (Å²) in [6, 6.07) is 25.8. The molecule has 0 aliphatic heterocycles. The van der Waals surface area contributed by atoms with E-state index in [0.717, 1.165) is 28.1 Å². The van der Waals surface area contributed by atoms with Crippen molar-refractivity contribution in [3.63, 3.8) is 0 Å². The number of hydrogen-bond acceptors (Lipinski definition) is 4. The van der Waals surface area contributed by atoms with Gasteiger partial charge in [-0.1, -0.05) is 72.3 Å². The summed E-state index contributed by atoms with van der Waals surface area (Å²) in [7, 11) is 0. The van der Waals surface area contributed by atoms with Crippen LogP contribution in [0.3, 0.4) is 0 Å². The molecule has 0 atom stereocenters. The fraction of sp³-hybridized carbons (Fsp3) is 0.0769. The van der Waals surface area contributed by atoms with Gasteiger partial charge in [0.2, 0.25) is 5.91 Å². The summed E-state index contributed by atoms with van der Waals surface area (Å²) in [5.74, 6) is 0.575. The van der Waals surface area contributed by atoms with Crippen molar-refractivity contribution in [2.45, 2.75) is 13.5 Å². The van der Waals surface area contributed by atoms with E-state index in [1.165, 1.54) is 23.0 Å². The highest BCUT2D eigenvalue weighted by molar-refractivity contribution is 7.14. The number of aromatic nitrogens is 1. The Morgan fingerprint density at radius 2 is 1.74 bits per heavy atom. The van der Waals surface area contributed by atoms with Gasteiger partial charge < -0.3 is 4.74 Å².